The number of carbonyl (C=O) groups excluding carboxylic acids is 2. The van der Waals surface area contributed by atoms with Gasteiger partial charge in [0.05, 0.1) is 11.1 Å². The molecule has 4 rings (SSSR count). The highest BCUT2D eigenvalue weighted by Gasteiger charge is 2.44. The molecule has 134 valence electrons. The van der Waals surface area contributed by atoms with E-state index in [1.165, 1.54) is 24.3 Å². The Bertz CT molecular complexity index is 842. The summed E-state index contributed by atoms with van der Waals surface area (Å²) in [5.74, 6) is 0.1000. The van der Waals surface area contributed by atoms with Crippen LogP contribution in [0.15, 0.2) is 48.5 Å². The van der Waals surface area contributed by atoms with Crippen molar-refractivity contribution in [2.45, 2.75) is 12.8 Å². The standard InChI is InChI=1S/C20H19FN2O3/c21-15-7-5-14(6-8-15)18(24)23-11-9-20(10-12-23)13-26-17-4-2-1-3-16(17)22-19(20)25/h1-8H,9-13H2,(H,22,25). The van der Waals surface area contributed by atoms with E-state index in [0.717, 1.165) is 0 Å². The van der Waals surface area contributed by atoms with Crippen LogP contribution < -0.4 is 10.1 Å². The molecule has 2 aliphatic rings. The molecule has 2 aromatic rings. The van der Waals surface area contributed by atoms with Crippen LogP contribution in [0.1, 0.15) is 23.2 Å². The molecule has 0 aliphatic carbocycles. The number of piperidine rings is 1. The number of amides is 2. The van der Waals surface area contributed by atoms with Gasteiger partial charge in [-0.1, -0.05) is 12.1 Å². The van der Waals surface area contributed by atoms with Gasteiger partial charge in [0.1, 0.15) is 18.2 Å². The number of para-hydroxylation sites is 2. The van der Waals surface area contributed by atoms with Crippen LogP contribution in [0.4, 0.5) is 10.1 Å². The molecule has 26 heavy (non-hydrogen) atoms. The number of halogens is 1. The first-order valence-corrected chi connectivity index (χ1v) is 8.66. The van der Waals surface area contributed by atoms with Crippen molar-refractivity contribution in [3.8, 4) is 5.75 Å². The third-order valence-electron chi connectivity index (χ3n) is 5.22. The van der Waals surface area contributed by atoms with Crippen LogP contribution in [-0.2, 0) is 4.79 Å². The van der Waals surface area contributed by atoms with Crippen LogP contribution in [0.2, 0.25) is 0 Å². The van der Waals surface area contributed by atoms with Crippen LogP contribution in [0.3, 0.4) is 0 Å². The lowest BCUT2D eigenvalue weighted by Gasteiger charge is -2.39. The van der Waals surface area contributed by atoms with Gasteiger partial charge in [0.25, 0.3) is 5.91 Å². The van der Waals surface area contributed by atoms with Gasteiger partial charge in [0.2, 0.25) is 5.91 Å². The summed E-state index contributed by atoms with van der Waals surface area (Å²) in [6, 6.07) is 12.9. The molecule has 1 fully saturated rings. The van der Waals surface area contributed by atoms with E-state index in [1.54, 1.807) is 4.90 Å². The maximum absolute atomic E-state index is 13.0. The number of nitrogens with zero attached hydrogens (tertiary/aromatic N) is 1. The number of nitrogens with one attached hydrogen (secondary N) is 1. The highest BCUT2D eigenvalue weighted by molar-refractivity contribution is 5.98. The first kappa shape index (κ1) is 16.6. The second-order valence-corrected chi connectivity index (χ2v) is 6.82. The average Bonchev–Trinajstić information content (AvgIpc) is 2.80. The Labute approximate surface area is 150 Å². The molecule has 1 saturated heterocycles. The Morgan fingerprint density at radius 2 is 1.77 bits per heavy atom. The summed E-state index contributed by atoms with van der Waals surface area (Å²) in [5, 5.41) is 2.96. The van der Waals surface area contributed by atoms with Gasteiger partial charge in [-0.25, -0.2) is 4.39 Å². The van der Waals surface area contributed by atoms with Gasteiger partial charge in [0.15, 0.2) is 0 Å². The Hall–Kier alpha value is -2.89. The molecule has 2 amide bonds. The van der Waals surface area contributed by atoms with Gasteiger partial charge >= 0.3 is 0 Å². The molecule has 0 saturated carbocycles. The number of carbonyl (C=O) groups is 2. The number of likely N-dealkylation sites (tertiary alicyclic amines) is 1. The first-order valence-electron chi connectivity index (χ1n) is 8.66. The molecule has 0 atom stereocenters. The van der Waals surface area contributed by atoms with Crippen LogP contribution in [-0.4, -0.2) is 36.4 Å². The molecular formula is C20H19FN2O3. The minimum Gasteiger partial charge on any atom is -0.490 e. The first-order chi connectivity index (χ1) is 12.6. The number of hydrogen-bond donors (Lipinski definition) is 1. The molecule has 0 bridgehead atoms. The van der Waals surface area contributed by atoms with E-state index in [0.29, 0.717) is 49.5 Å². The fourth-order valence-corrected chi connectivity index (χ4v) is 3.52. The zero-order valence-corrected chi connectivity index (χ0v) is 14.2. The summed E-state index contributed by atoms with van der Waals surface area (Å²) in [6.45, 7) is 1.22. The van der Waals surface area contributed by atoms with E-state index >= 15 is 0 Å². The van der Waals surface area contributed by atoms with Gasteiger partial charge in [-0.2, -0.15) is 0 Å². The fourth-order valence-electron chi connectivity index (χ4n) is 3.52. The zero-order valence-electron chi connectivity index (χ0n) is 14.2. The minimum atomic E-state index is -0.640. The molecule has 2 aliphatic heterocycles. The van der Waals surface area contributed by atoms with Crippen LogP contribution in [0.5, 0.6) is 5.75 Å². The van der Waals surface area contributed by atoms with Crippen LogP contribution in [0.25, 0.3) is 0 Å². The van der Waals surface area contributed by atoms with Crippen molar-refractivity contribution in [2.24, 2.45) is 5.41 Å². The van der Waals surface area contributed by atoms with Crippen molar-refractivity contribution in [1.82, 2.24) is 4.90 Å². The Kier molecular flexibility index (Phi) is 4.11. The topological polar surface area (TPSA) is 58.6 Å². The number of anilines is 1. The maximum Gasteiger partial charge on any atom is 0.253 e. The Balaban J connectivity index is 1.47. The van der Waals surface area contributed by atoms with Gasteiger partial charge < -0.3 is 15.0 Å². The zero-order chi connectivity index (χ0) is 18.1. The third kappa shape index (κ3) is 2.92. The summed E-state index contributed by atoms with van der Waals surface area (Å²) in [7, 11) is 0. The van der Waals surface area contributed by atoms with Crippen molar-refractivity contribution < 1.29 is 18.7 Å². The van der Waals surface area contributed by atoms with Gasteiger partial charge in [-0.15, -0.1) is 0 Å². The smallest absolute Gasteiger partial charge is 0.253 e. The summed E-state index contributed by atoms with van der Waals surface area (Å²) in [5.41, 5.74) is 0.494. The summed E-state index contributed by atoms with van der Waals surface area (Å²) < 4.78 is 18.9. The molecule has 0 aromatic heterocycles. The number of ether oxygens (including phenoxy) is 1. The molecule has 0 radical (unpaired) electrons. The second kappa shape index (κ2) is 6.44. The van der Waals surface area contributed by atoms with Gasteiger partial charge in [0, 0.05) is 18.7 Å². The van der Waals surface area contributed by atoms with Crippen molar-refractivity contribution >= 4 is 17.5 Å². The van der Waals surface area contributed by atoms with Crippen LogP contribution in [0, 0.1) is 11.2 Å². The van der Waals surface area contributed by atoms with E-state index in [4.69, 9.17) is 4.74 Å². The number of hydrogen-bond acceptors (Lipinski definition) is 3. The largest absolute Gasteiger partial charge is 0.490 e. The monoisotopic (exact) mass is 354 g/mol. The predicted molar refractivity (Wildman–Crippen MR) is 94.5 cm³/mol. The van der Waals surface area contributed by atoms with Crippen molar-refractivity contribution in [1.29, 1.82) is 0 Å². The molecule has 2 heterocycles. The van der Waals surface area contributed by atoms with Crippen LogP contribution >= 0.6 is 0 Å². The number of benzene rings is 2. The molecular weight excluding hydrogens is 335 g/mol. The summed E-state index contributed by atoms with van der Waals surface area (Å²) in [6.07, 6.45) is 1.06. The van der Waals surface area contributed by atoms with E-state index in [9.17, 15) is 14.0 Å². The fraction of sp³-hybridized carbons (Fsp3) is 0.300. The Morgan fingerprint density at radius 1 is 1.08 bits per heavy atom. The lowest BCUT2D eigenvalue weighted by molar-refractivity contribution is -0.129. The van der Waals surface area contributed by atoms with Gasteiger partial charge in [-0.05, 0) is 49.2 Å². The van der Waals surface area contributed by atoms with E-state index in [1.807, 2.05) is 24.3 Å². The normalized spacial score (nSPS) is 18.5. The molecule has 5 nitrogen and oxygen atoms in total. The summed E-state index contributed by atoms with van der Waals surface area (Å²) in [4.78, 5) is 27.1. The molecule has 2 aromatic carbocycles. The summed E-state index contributed by atoms with van der Waals surface area (Å²) >= 11 is 0. The highest BCUT2D eigenvalue weighted by atomic mass is 19.1. The lowest BCUT2D eigenvalue weighted by Crippen LogP contribution is -2.50. The number of rotatable bonds is 1. The van der Waals surface area contributed by atoms with Crippen molar-refractivity contribution in [2.75, 3.05) is 25.0 Å². The second-order valence-electron chi connectivity index (χ2n) is 6.82. The average molecular weight is 354 g/mol. The molecule has 0 unspecified atom stereocenters. The highest BCUT2D eigenvalue weighted by Crippen LogP contribution is 2.38. The molecule has 1 spiro atoms. The molecule has 6 heteroatoms. The van der Waals surface area contributed by atoms with Gasteiger partial charge in [-0.3, -0.25) is 9.59 Å². The third-order valence-corrected chi connectivity index (χ3v) is 5.22. The predicted octanol–water partition coefficient (Wildman–Crippen LogP) is 3.08. The van der Waals surface area contributed by atoms with Crippen molar-refractivity contribution in [3.63, 3.8) is 0 Å². The molecule has 1 N–H and O–H groups in total. The lowest BCUT2D eigenvalue weighted by atomic mass is 9.78. The Morgan fingerprint density at radius 3 is 2.50 bits per heavy atom. The van der Waals surface area contributed by atoms with E-state index in [-0.39, 0.29) is 17.6 Å². The van der Waals surface area contributed by atoms with E-state index in [2.05, 4.69) is 5.32 Å². The SMILES string of the molecule is O=C(c1ccc(F)cc1)N1CCC2(CC1)COc1ccccc1NC2=O. The minimum absolute atomic E-state index is 0.0590. The number of fused-ring (bicyclic) bond motifs is 1. The quantitative estimate of drug-likeness (QED) is 0.856. The van der Waals surface area contributed by atoms with E-state index < -0.39 is 5.41 Å². The maximum atomic E-state index is 13.0. The van der Waals surface area contributed by atoms with Crippen molar-refractivity contribution in [3.05, 3.63) is 59.9 Å².